The third-order valence-electron chi connectivity index (χ3n) is 1.85. The van der Waals surface area contributed by atoms with Crippen molar-refractivity contribution in [1.82, 2.24) is 4.98 Å². The molecule has 2 heteroatoms. The first-order chi connectivity index (χ1) is 5.38. The van der Waals surface area contributed by atoms with Crippen LogP contribution in [-0.4, -0.2) is 4.98 Å². The molecule has 0 radical (unpaired) electrons. The smallest absolute Gasteiger partial charge is 0.136 e. The largest absolute Gasteiger partial charge is 0.244 e. The van der Waals surface area contributed by atoms with Crippen LogP contribution in [-0.2, 0) is 0 Å². The summed E-state index contributed by atoms with van der Waals surface area (Å²) >= 11 is 5.88. The average molecular weight is 166 g/mol. The Morgan fingerprint density at radius 3 is 2.91 bits per heavy atom. The van der Waals surface area contributed by atoms with Gasteiger partial charge in [0.2, 0.25) is 0 Å². The highest BCUT2D eigenvalue weighted by Gasteiger charge is 1.96. The second-order valence-corrected chi connectivity index (χ2v) is 2.95. The molecule has 1 heterocycles. The molecule has 1 nitrogen and oxygen atoms in total. The predicted molar refractivity (Wildman–Crippen MR) is 46.7 cm³/mol. The van der Waals surface area contributed by atoms with Gasteiger partial charge >= 0.3 is 0 Å². The van der Waals surface area contributed by atoms with Gasteiger partial charge in [0.25, 0.3) is 0 Å². The number of fused-ring (bicyclic) bond motifs is 1. The summed E-state index contributed by atoms with van der Waals surface area (Å²) in [4.78, 5) is 4.01. The SMILES string of the molecule is Clc1nccc2c1=CCCC=2. The minimum atomic E-state index is 0.624. The maximum atomic E-state index is 5.88. The van der Waals surface area contributed by atoms with Gasteiger partial charge in [-0.25, -0.2) is 4.98 Å². The van der Waals surface area contributed by atoms with Gasteiger partial charge in [-0.05, 0) is 24.1 Å². The van der Waals surface area contributed by atoms with E-state index in [1.54, 1.807) is 6.20 Å². The lowest BCUT2D eigenvalue weighted by molar-refractivity contribution is 1.10. The van der Waals surface area contributed by atoms with E-state index in [0.717, 1.165) is 18.1 Å². The maximum absolute atomic E-state index is 5.88. The Kier molecular flexibility index (Phi) is 1.66. The molecule has 0 spiro atoms. The van der Waals surface area contributed by atoms with E-state index in [4.69, 9.17) is 11.6 Å². The van der Waals surface area contributed by atoms with Crippen molar-refractivity contribution in [3.8, 4) is 0 Å². The fourth-order valence-corrected chi connectivity index (χ4v) is 1.55. The fraction of sp³-hybridized carbons (Fsp3) is 0.222. The third-order valence-corrected chi connectivity index (χ3v) is 2.16. The zero-order valence-corrected chi connectivity index (χ0v) is 6.80. The highest BCUT2D eigenvalue weighted by molar-refractivity contribution is 6.29. The zero-order valence-electron chi connectivity index (χ0n) is 6.05. The van der Waals surface area contributed by atoms with Crippen LogP contribution in [0, 0.1) is 0 Å². The molecule has 1 aliphatic rings. The maximum Gasteiger partial charge on any atom is 0.136 e. The molecule has 0 amide bonds. The second kappa shape index (κ2) is 2.67. The van der Waals surface area contributed by atoms with Crippen LogP contribution in [0.3, 0.4) is 0 Å². The third kappa shape index (κ3) is 1.16. The molecule has 1 aromatic heterocycles. The van der Waals surface area contributed by atoms with E-state index in [1.807, 2.05) is 6.07 Å². The molecule has 1 aliphatic carbocycles. The quantitative estimate of drug-likeness (QED) is 0.525. The Morgan fingerprint density at radius 1 is 1.27 bits per heavy atom. The zero-order chi connectivity index (χ0) is 7.68. The molecule has 1 aromatic rings. The van der Waals surface area contributed by atoms with Crippen molar-refractivity contribution >= 4 is 23.8 Å². The van der Waals surface area contributed by atoms with E-state index in [0.29, 0.717) is 5.15 Å². The minimum Gasteiger partial charge on any atom is -0.244 e. The molecule has 0 aromatic carbocycles. The molecule has 0 saturated heterocycles. The van der Waals surface area contributed by atoms with E-state index in [1.165, 1.54) is 5.22 Å². The molecule has 0 atom stereocenters. The van der Waals surface area contributed by atoms with Gasteiger partial charge in [0.15, 0.2) is 0 Å². The Bertz CT molecular complexity index is 381. The number of hydrogen-bond donors (Lipinski definition) is 0. The van der Waals surface area contributed by atoms with Crippen molar-refractivity contribution in [2.75, 3.05) is 0 Å². The number of halogens is 1. The second-order valence-electron chi connectivity index (χ2n) is 2.59. The van der Waals surface area contributed by atoms with Crippen LogP contribution < -0.4 is 10.4 Å². The molecule has 0 bridgehead atoms. The number of rotatable bonds is 0. The van der Waals surface area contributed by atoms with Gasteiger partial charge in [-0.15, -0.1) is 0 Å². The van der Waals surface area contributed by atoms with Crippen LogP contribution in [0.4, 0.5) is 0 Å². The Labute approximate surface area is 70.0 Å². The van der Waals surface area contributed by atoms with E-state index >= 15 is 0 Å². The van der Waals surface area contributed by atoms with Crippen molar-refractivity contribution < 1.29 is 0 Å². The van der Waals surface area contributed by atoms with E-state index in [-0.39, 0.29) is 0 Å². The summed E-state index contributed by atoms with van der Waals surface area (Å²) in [5.74, 6) is 0. The summed E-state index contributed by atoms with van der Waals surface area (Å²) in [5, 5.41) is 2.94. The minimum absolute atomic E-state index is 0.624. The fourth-order valence-electron chi connectivity index (χ4n) is 1.31. The molecule has 0 saturated carbocycles. The van der Waals surface area contributed by atoms with Crippen molar-refractivity contribution in [2.45, 2.75) is 12.8 Å². The molecule has 2 rings (SSSR count). The molecule has 0 N–H and O–H groups in total. The highest BCUT2D eigenvalue weighted by atomic mass is 35.5. The van der Waals surface area contributed by atoms with Gasteiger partial charge in [-0.1, -0.05) is 23.8 Å². The molecule has 56 valence electrons. The monoisotopic (exact) mass is 165 g/mol. The van der Waals surface area contributed by atoms with Crippen LogP contribution in [0.15, 0.2) is 12.3 Å². The normalized spacial score (nSPS) is 14.6. The predicted octanol–water partition coefficient (Wildman–Crippen LogP) is 1.09. The van der Waals surface area contributed by atoms with E-state index in [2.05, 4.69) is 17.1 Å². The van der Waals surface area contributed by atoms with Crippen LogP contribution in [0.25, 0.3) is 12.2 Å². The summed E-state index contributed by atoms with van der Waals surface area (Å²) in [6, 6.07) is 2.00. The van der Waals surface area contributed by atoms with Crippen molar-refractivity contribution in [2.24, 2.45) is 0 Å². The molecular formula is C9H8ClN. The number of hydrogen-bond acceptors (Lipinski definition) is 1. The van der Waals surface area contributed by atoms with Crippen LogP contribution >= 0.6 is 11.6 Å². The Hall–Kier alpha value is -0.820. The van der Waals surface area contributed by atoms with Gasteiger partial charge in [0.05, 0.1) is 0 Å². The highest BCUT2D eigenvalue weighted by Crippen LogP contribution is 1.98. The molecule has 0 aliphatic heterocycles. The summed E-state index contributed by atoms with van der Waals surface area (Å²) in [5.41, 5.74) is 0. The van der Waals surface area contributed by atoms with E-state index < -0.39 is 0 Å². The lowest BCUT2D eigenvalue weighted by atomic mass is 10.1. The first-order valence-electron chi connectivity index (χ1n) is 3.69. The summed E-state index contributed by atoms with van der Waals surface area (Å²) in [6.45, 7) is 0. The number of nitrogens with zero attached hydrogens (tertiary/aromatic N) is 1. The van der Waals surface area contributed by atoms with Crippen LogP contribution in [0.2, 0.25) is 5.15 Å². The Balaban J connectivity index is 2.88. The molecule has 0 unspecified atom stereocenters. The van der Waals surface area contributed by atoms with Crippen molar-refractivity contribution in [3.63, 3.8) is 0 Å². The lowest BCUT2D eigenvalue weighted by Crippen LogP contribution is -2.28. The number of aromatic nitrogens is 1. The van der Waals surface area contributed by atoms with Crippen molar-refractivity contribution in [1.29, 1.82) is 0 Å². The average Bonchev–Trinajstić information content (AvgIpc) is 2.06. The summed E-state index contributed by atoms with van der Waals surface area (Å²) < 4.78 is 0. The topological polar surface area (TPSA) is 12.9 Å². The van der Waals surface area contributed by atoms with Gasteiger partial charge in [-0.3, -0.25) is 0 Å². The first-order valence-corrected chi connectivity index (χ1v) is 4.06. The first kappa shape index (κ1) is 6.86. The van der Waals surface area contributed by atoms with Gasteiger partial charge < -0.3 is 0 Å². The van der Waals surface area contributed by atoms with E-state index in [9.17, 15) is 0 Å². The molecule has 0 fully saturated rings. The Morgan fingerprint density at radius 2 is 2.09 bits per heavy atom. The summed E-state index contributed by atoms with van der Waals surface area (Å²) in [7, 11) is 0. The summed E-state index contributed by atoms with van der Waals surface area (Å²) in [6.07, 6.45) is 8.29. The van der Waals surface area contributed by atoms with Gasteiger partial charge in [0.1, 0.15) is 5.15 Å². The van der Waals surface area contributed by atoms with Gasteiger partial charge in [-0.2, -0.15) is 0 Å². The van der Waals surface area contributed by atoms with Gasteiger partial charge in [0, 0.05) is 11.4 Å². The van der Waals surface area contributed by atoms with Crippen LogP contribution in [0.5, 0.6) is 0 Å². The molecule has 11 heavy (non-hydrogen) atoms. The van der Waals surface area contributed by atoms with Crippen LogP contribution in [0.1, 0.15) is 12.8 Å². The van der Waals surface area contributed by atoms with Crippen molar-refractivity contribution in [3.05, 3.63) is 27.9 Å². The number of pyridine rings is 1. The standard InChI is InChI=1S/C9H8ClN/c10-9-8-4-2-1-3-7(8)5-6-11-9/h3-6H,1-2H2. The molecular weight excluding hydrogens is 158 g/mol. The lowest BCUT2D eigenvalue weighted by Gasteiger charge is -1.99.